The Bertz CT molecular complexity index is 1310. The van der Waals surface area contributed by atoms with Gasteiger partial charge in [0.2, 0.25) is 0 Å². The highest BCUT2D eigenvalue weighted by Gasteiger charge is 2.46. The van der Waals surface area contributed by atoms with E-state index in [0.717, 1.165) is 51.4 Å². The number of allylic oxidation sites excluding steroid dienone is 9. The summed E-state index contributed by atoms with van der Waals surface area (Å²) in [6.07, 6.45) is 33.3. The molecule has 1 aliphatic heterocycles. The third-order valence-corrected chi connectivity index (χ3v) is 10.4. The summed E-state index contributed by atoms with van der Waals surface area (Å²) in [7, 11) is -4.62. The van der Waals surface area contributed by atoms with Crippen LogP contribution in [-0.4, -0.2) is 96.0 Å². The minimum Gasteiger partial charge on any atom is -0.462 e. The Hall–Kier alpha value is -2.65. The fourth-order valence-corrected chi connectivity index (χ4v) is 6.93. The van der Waals surface area contributed by atoms with Crippen molar-refractivity contribution in [2.24, 2.45) is 0 Å². The molecule has 0 aromatic rings. The van der Waals surface area contributed by atoms with E-state index in [9.17, 15) is 37.9 Å². The second-order valence-electron chi connectivity index (χ2n) is 15.1. The Balaban J connectivity index is 2.56. The second kappa shape index (κ2) is 35.1. The number of aliphatic hydroxyl groups is 3. The largest absolute Gasteiger partial charge is 0.462 e. The van der Waals surface area contributed by atoms with Crippen LogP contribution in [0.2, 0.25) is 0 Å². The maximum absolute atomic E-state index is 12.7. The van der Waals surface area contributed by atoms with Crippen molar-refractivity contribution in [1.29, 1.82) is 0 Å². The van der Waals surface area contributed by atoms with Gasteiger partial charge in [-0.15, -0.1) is 0 Å². The van der Waals surface area contributed by atoms with Gasteiger partial charge in [-0.25, -0.2) is 4.79 Å². The Morgan fingerprint density at radius 1 is 0.638 bits per heavy atom. The van der Waals surface area contributed by atoms with Crippen molar-refractivity contribution in [1.82, 2.24) is 0 Å². The van der Waals surface area contributed by atoms with Gasteiger partial charge in [0.05, 0.1) is 6.61 Å². The zero-order valence-corrected chi connectivity index (χ0v) is 36.2. The van der Waals surface area contributed by atoms with Crippen molar-refractivity contribution in [3.63, 3.8) is 0 Å². The molecule has 1 rings (SSSR count). The van der Waals surface area contributed by atoms with E-state index >= 15 is 0 Å². The number of rotatable bonds is 35. The highest BCUT2D eigenvalue weighted by molar-refractivity contribution is 7.85. The van der Waals surface area contributed by atoms with Gasteiger partial charge < -0.3 is 34.3 Å². The van der Waals surface area contributed by atoms with Crippen molar-refractivity contribution in [2.45, 2.75) is 192 Å². The Kier molecular flexibility index (Phi) is 32.3. The Morgan fingerprint density at radius 3 is 1.76 bits per heavy atom. The number of esters is 2. The lowest BCUT2D eigenvalue weighted by Gasteiger charge is -2.40. The molecule has 0 aromatic carbocycles. The lowest BCUT2D eigenvalue weighted by atomic mass is 10.00. The first-order valence-corrected chi connectivity index (χ1v) is 23.5. The summed E-state index contributed by atoms with van der Waals surface area (Å²) in [5, 5.41) is 30.8. The second-order valence-corrected chi connectivity index (χ2v) is 16.6. The van der Waals surface area contributed by atoms with Gasteiger partial charge in [0.15, 0.2) is 12.4 Å². The maximum atomic E-state index is 12.7. The maximum Gasteiger partial charge on any atom is 0.331 e. The molecule has 58 heavy (non-hydrogen) atoms. The fourth-order valence-electron chi connectivity index (χ4n) is 6.24. The van der Waals surface area contributed by atoms with Crippen LogP contribution in [-0.2, 0) is 38.7 Å². The van der Waals surface area contributed by atoms with Gasteiger partial charge in [-0.3, -0.25) is 9.35 Å². The molecule has 1 aliphatic rings. The molecule has 0 aromatic heterocycles. The third-order valence-electron chi connectivity index (χ3n) is 9.68. The van der Waals surface area contributed by atoms with Crippen LogP contribution >= 0.6 is 0 Å². The zero-order valence-electron chi connectivity index (χ0n) is 35.4. The van der Waals surface area contributed by atoms with E-state index in [1.54, 1.807) is 12.2 Å². The number of unbranched alkanes of at least 4 members (excludes halogenated alkanes) is 16. The molecule has 1 heterocycles. The lowest BCUT2D eigenvalue weighted by molar-refractivity contribution is -0.297. The molecule has 4 N–H and O–H groups in total. The molecule has 12 nitrogen and oxygen atoms in total. The summed E-state index contributed by atoms with van der Waals surface area (Å²) in [6, 6.07) is 0. The molecule has 334 valence electrons. The smallest absolute Gasteiger partial charge is 0.331 e. The van der Waals surface area contributed by atoms with Gasteiger partial charge >= 0.3 is 11.9 Å². The van der Waals surface area contributed by atoms with E-state index in [4.69, 9.17) is 18.9 Å². The first-order chi connectivity index (χ1) is 28.0. The minimum absolute atomic E-state index is 0.148. The molecule has 0 radical (unpaired) electrons. The molecule has 0 aliphatic carbocycles. The van der Waals surface area contributed by atoms with Crippen LogP contribution in [0.5, 0.6) is 0 Å². The first-order valence-electron chi connectivity index (χ1n) is 21.9. The molecule has 13 heteroatoms. The summed E-state index contributed by atoms with van der Waals surface area (Å²) in [4.78, 5) is 25.2. The molecular weight excluding hydrogens is 765 g/mol. The number of aliphatic hydroxyl groups excluding tert-OH is 3. The van der Waals surface area contributed by atoms with E-state index in [2.05, 4.69) is 50.3 Å². The van der Waals surface area contributed by atoms with Crippen molar-refractivity contribution in [2.75, 3.05) is 19.0 Å². The number of ether oxygens (including phenoxy) is 4. The van der Waals surface area contributed by atoms with Crippen molar-refractivity contribution >= 4 is 22.1 Å². The molecule has 1 saturated heterocycles. The van der Waals surface area contributed by atoms with Crippen LogP contribution in [0.1, 0.15) is 155 Å². The fraction of sp³-hybridized carbons (Fsp3) is 0.733. The molecule has 0 amide bonds. The molecule has 6 atom stereocenters. The molecule has 0 saturated carbocycles. The van der Waals surface area contributed by atoms with Crippen molar-refractivity contribution in [3.05, 3.63) is 60.8 Å². The number of hydrogen-bond acceptors (Lipinski definition) is 11. The number of hydrogen-bond donors (Lipinski definition) is 4. The summed E-state index contributed by atoms with van der Waals surface area (Å²) < 4.78 is 53.7. The van der Waals surface area contributed by atoms with Crippen LogP contribution in [0.25, 0.3) is 0 Å². The van der Waals surface area contributed by atoms with Crippen LogP contribution in [0, 0.1) is 0 Å². The van der Waals surface area contributed by atoms with Gasteiger partial charge in [0.25, 0.3) is 10.1 Å². The molecule has 2 unspecified atom stereocenters. The topological polar surface area (TPSA) is 186 Å². The Labute approximate surface area is 349 Å². The summed E-state index contributed by atoms with van der Waals surface area (Å²) in [5.41, 5.74) is 0. The van der Waals surface area contributed by atoms with E-state index in [1.807, 2.05) is 6.08 Å². The van der Waals surface area contributed by atoms with Crippen LogP contribution < -0.4 is 0 Å². The summed E-state index contributed by atoms with van der Waals surface area (Å²) >= 11 is 0. The summed E-state index contributed by atoms with van der Waals surface area (Å²) in [5.74, 6) is -2.30. The van der Waals surface area contributed by atoms with E-state index in [-0.39, 0.29) is 13.0 Å². The van der Waals surface area contributed by atoms with Gasteiger partial charge in [-0.05, 0) is 57.8 Å². The first kappa shape index (κ1) is 53.4. The van der Waals surface area contributed by atoms with Crippen LogP contribution in [0.3, 0.4) is 0 Å². The van der Waals surface area contributed by atoms with E-state index < -0.39 is 71.2 Å². The Morgan fingerprint density at radius 2 is 1.16 bits per heavy atom. The lowest BCUT2D eigenvalue weighted by Crippen LogP contribution is -2.60. The van der Waals surface area contributed by atoms with E-state index in [0.29, 0.717) is 6.42 Å². The highest BCUT2D eigenvalue weighted by atomic mass is 32.2. The normalized spacial score (nSPS) is 21.0. The van der Waals surface area contributed by atoms with Gasteiger partial charge in [-0.1, -0.05) is 146 Å². The zero-order chi connectivity index (χ0) is 42.7. The van der Waals surface area contributed by atoms with Crippen LogP contribution in [0.4, 0.5) is 0 Å². The molecule has 1 fully saturated rings. The molecular formula is C45H76O12S. The van der Waals surface area contributed by atoms with Crippen LogP contribution in [0.15, 0.2) is 60.8 Å². The summed E-state index contributed by atoms with van der Waals surface area (Å²) in [6.45, 7) is 3.58. The minimum atomic E-state index is -4.62. The van der Waals surface area contributed by atoms with Gasteiger partial charge in [0.1, 0.15) is 36.8 Å². The third kappa shape index (κ3) is 29.5. The standard InChI is InChI=1S/C45H76O12S/c1-3-5-7-9-11-13-15-17-19-21-23-25-27-29-31-33-40(46)54-35-38(36-55-45-44(50)43(49)42(48)39(57-45)37-58(51,52)53)56-41(47)34-32-30-28-26-24-22-20-18-16-14-12-10-8-6-4-2/h11,13,17,19,23,25,28,30,32,34,38-39,42-45,48-50H,3-10,12,14-16,18,20-22,24,26-27,29,31,33,35-37H2,1-2H3,(H,51,52,53)/b13-11+,19-17+,25-23+,30-28+,34-32+/t38-,39-,42-,43?,44?,45+/m1/s1. The number of carbonyl (C=O) groups excluding carboxylic acids is 2. The number of carbonyl (C=O) groups is 2. The SMILES string of the molecule is CCCCC/C=C/C/C=C/C/C=C/CCCCC(=O)OC[C@H](CO[C@H]1O[C@H](CS(=O)(=O)O)[C@@H](O)C(O)C1O)OC(=O)/C=C/C=C/CCCCCCCCCCCCC. The quantitative estimate of drug-likeness (QED) is 0.0119. The predicted molar refractivity (Wildman–Crippen MR) is 229 cm³/mol. The molecule has 0 spiro atoms. The van der Waals surface area contributed by atoms with E-state index in [1.165, 1.54) is 83.1 Å². The average molecular weight is 841 g/mol. The monoisotopic (exact) mass is 841 g/mol. The predicted octanol–water partition coefficient (Wildman–Crippen LogP) is 8.56. The molecule has 0 bridgehead atoms. The van der Waals surface area contributed by atoms with Crippen molar-refractivity contribution in [3.8, 4) is 0 Å². The van der Waals surface area contributed by atoms with Gasteiger partial charge in [0, 0.05) is 12.5 Å². The van der Waals surface area contributed by atoms with Gasteiger partial charge in [-0.2, -0.15) is 8.42 Å². The van der Waals surface area contributed by atoms with Crippen molar-refractivity contribution < 1.29 is 56.8 Å². The average Bonchev–Trinajstić information content (AvgIpc) is 3.18. The highest BCUT2D eigenvalue weighted by Crippen LogP contribution is 2.24.